The molecule has 0 aliphatic heterocycles. The fraction of sp³-hybridized carbons (Fsp3) is 0.200. The maximum atomic E-state index is 5.78. The molecular formula is C15H18N2O. The standard InChI is InChI=1S/C15H18N2O/c1-17(13-8-4-3-7-12(13)11-16)14-9-5-6-10-15(14)18-2/h3-10H,11,16H2,1-2H3. The second-order valence-corrected chi connectivity index (χ2v) is 4.06. The lowest BCUT2D eigenvalue weighted by Gasteiger charge is -2.24. The second-order valence-electron chi connectivity index (χ2n) is 4.06. The first-order valence-corrected chi connectivity index (χ1v) is 5.92. The molecule has 0 amide bonds. The van der Waals surface area contributed by atoms with Crippen LogP contribution >= 0.6 is 0 Å². The van der Waals surface area contributed by atoms with Gasteiger partial charge in [0.15, 0.2) is 0 Å². The first-order chi connectivity index (χ1) is 8.77. The number of anilines is 2. The van der Waals surface area contributed by atoms with Crippen molar-refractivity contribution in [3.05, 3.63) is 54.1 Å². The SMILES string of the molecule is COc1ccccc1N(C)c1ccccc1CN. The monoisotopic (exact) mass is 242 g/mol. The predicted octanol–water partition coefficient (Wildman–Crippen LogP) is 2.92. The van der Waals surface area contributed by atoms with Gasteiger partial charge < -0.3 is 15.4 Å². The van der Waals surface area contributed by atoms with Gasteiger partial charge in [-0.15, -0.1) is 0 Å². The summed E-state index contributed by atoms with van der Waals surface area (Å²) in [6, 6.07) is 16.1. The summed E-state index contributed by atoms with van der Waals surface area (Å²) in [7, 11) is 3.70. The van der Waals surface area contributed by atoms with E-state index in [9.17, 15) is 0 Å². The van der Waals surface area contributed by atoms with Crippen LogP contribution in [0, 0.1) is 0 Å². The fourth-order valence-corrected chi connectivity index (χ4v) is 2.05. The number of para-hydroxylation sites is 3. The van der Waals surface area contributed by atoms with E-state index in [1.165, 1.54) is 0 Å². The molecule has 2 rings (SSSR count). The van der Waals surface area contributed by atoms with Crippen molar-refractivity contribution < 1.29 is 4.74 Å². The van der Waals surface area contributed by atoms with Crippen LogP contribution in [0.15, 0.2) is 48.5 Å². The normalized spacial score (nSPS) is 10.2. The van der Waals surface area contributed by atoms with Gasteiger partial charge in [-0.05, 0) is 23.8 Å². The minimum atomic E-state index is 0.523. The van der Waals surface area contributed by atoms with Crippen molar-refractivity contribution in [2.45, 2.75) is 6.54 Å². The lowest BCUT2D eigenvalue weighted by molar-refractivity contribution is 0.415. The molecule has 0 unspecified atom stereocenters. The van der Waals surface area contributed by atoms with Crippen molar-refractivity contribution in [2.75, 3.05) is 19.1 Å². The molecule has 0 atom stereocenters. The Labute approximate surface area is 108 Å². The van der Waals surface area contributed by atoms with Crippen LogP contribution in [-0.2, 0) is 6.54 Å². The van der Waals surface area contributed by atoms with Gasteiger partial charge in [-0.1, -0.05) is 30.3 Å². The van der Waals surface area contributed by atoms with Gasteiger partial charge in [0.2, 0.25) is 0 Å². The van der Waals surface area contributed by atoms with E-state index >= 15 is 0 Å². The summed E-state index contributed by atoms with van der Waals surface area (Å²) < 4.78 is 5.39. The number of ether oxygens (including phenoxy) is 1. The zero-order valence-electron chi connectivity index (χ0n) is 10.8. The average Bonchev–Trinajstić information content (AvgIpc) is 2.46. The number of benzene rings is 2. The maximum absolute atomic E-state index is 5.78. The van der Waals surface area contributed by atoms with Crippen LogP contribution in [0.25, 0.3) is 0 Å². The Morgan fingerprint density at radius 1 is 1.00 bits per heavy atom. The summed E-state index contributed by atoms with van der Waals surface area (Å²) in [4.78, 5) is 2.10. The summed E-state index contributed by atoms with van der Waals surface area (Å²) in [6.07, 6.45) is 0. The summed E-state index contributed by atoms with van der Waals surface area (Å²) in [5, 5.41) is 0. The molecule has 0 bridgehead atoms. The molecule has 3 nitrogen and oxygen atoms in total. The summed E-state index contributed by atoms with van der Waals surface area (Å²) >= 11 is 0. The van der Waals surface area contributed by atoms with E-state index < -0.39 is 0 Å². The highest BCUT2D eigenvalue weighted by Crippen LogP contribution is 2.33. The maximum Gasteiger partial charge on any atom is 0.142 e. The molecule has 2 aromatic carbocycles. The average molecular weight is 242 g/mol. The van der Waals surface area contributed by atoms with Crippen molar-refractivity contribution >= 4 is 11.4 Å². The van der Waals surface area contributed by atoms with Crippen LogP contribution < -0.4 is 15.4 Å². The van der Waals surface area contributed by atoms with Crippen LogP contribution in [0.2, 0.25) is 0 Å². The van der Waals surface area contributed by atoms with Crippen molar-refractivity contribution in [1.29, 1.82) is 0 Å². The highest BCUT2D eigenvalue weighted by Gasteiger charge is 2.11. The Balaban J connectivity index is 2.44. The second kappa shape index (κ2) is 5.56. The van der Waals surface area contributed by atoms with Crippen LogP contribution in [0.3, 0.4) is 0 Å². The number of rotatable bonds is 4. The molecule has 94 valence electrons. The van der Waals surface area contributed by atoms with Crippen molar-refractivity contribution in [3.8, 4) is 5.75 Å². The van der Waals surface area contributed by atoms with Gasteiger partial charge in [-0.25, -0.2) is 0 Å². The van der Waals surface area contributed by atoms with E-state index in [1.54, 1.807) is 7.11 Å². The molecule has 0 heterocycles. The Morgan fingerprint density at radius 2 is 1.61 bits per heavy atom. The van der Waals surface area contributed by atoms with Gasteiger partial charge >= 0.3 is 0 Å². The molecule has 0 saturated carbocycles. The zero-order chi connectivity index (χ0) is 13.0. The number of nitrogens with zero attached hydrogens (tertiary/aromatic N) is 1. The van der Waals surface area contributed by atoms with Gasteiger partial charge in [-0.2, -0.15) is 0 Å². The third-order valence-corrected chi connectivity index (χ3v) is 3.02. The fourth-order valence-electron chi connectivity index (χ4n) is 2.05. The van der Waals surface area contributed by atoms with E-state index in [0.717, 1.165) is 22.7 Å². The van der Waals surface area contributed by atoms with Crippen LogP contribution in [0.1, 0.15) is 5.56 Å². The highest BCUT2D eigenvalue weighted by molar-refractivity contribution is 5.70. The predicted molar refractivity (Wildman–Crippen MR) is 75.4 cm³/mol. The largest absolute Gasteiger partial charge is 0.495 e. The molecule has 3 heteroatoms. The highest BCUT2D eigenvalue weighted by atomic mass is 16.5. The van der Waals surface area contributed by atoms with Gasteiger partial charge in [0.05, 0.1) is 12.8 Å². The van der Waals surface area contributed by atoms with Crippen LogP contribution in [-0.4, -0.2) is 14.2 Å². The zero-order valence-corrected chi connectivity index (χ0v) is 10.8. The van der Waals surface area contributed by atoms with Crippen molar-refractivity contribution in [2.24, 2.45) is 5.73 Å². The topological polar surface area (TPSA) is 38.5 Å². The summed E-state index contributed by atoms with van der Waals surface area (Å²) in [5.74, 6) is 0.854. The van der Waals surface area contributed by atoms with Crippen LogP contribution in [0.5, 0.6) is 5.75 Å². The summed E-state index contributed by atoms with van der Waals surface area (Å²) in [5.41, 5.74) is 9.03. The molecule has 0 saturated heterocycles. The number of hydrogen-bond acceptors (Lipinski definition) is 3. The quantitative estimate of drug-likeness (QED) is 0.896. The van der Waals surface area contributed by atoms with E-state index in [2.05, 4.69) is 11.0 Å². The molecular weight excluding hydrogens is 224 g/mol. The van der Waals surface area contributed by atoms with Gasteiger partial charge in [-0.3, -0.25) is 0 Å². The van der Waals surface area contributed by atoms with Gasteiger partial charge in [0.25, 0.3) is 0 Å². The number of methoxy groups -OCH3 is 1. The van der Waals surface area contributed by atoms with E-state index in [1.807, 2.05) is 49.5 Å². The number of nitrogens with two attached hydrogens (primary N) is 1. The molecule has 0 spiro atoms. The molecule has 18 heavy (non-hydrogen) atoms. The molecule has 0 aliphatic rings. The minimum Gasteiger partial charge on any atom is -0.495 e. The molecule has 2 aromatic rings. The lowest BCUT2D eigenvalue weighted by Crippen LogP contribution is -2.14. The smallest absolute Gasteiger partial charge is 0.142 e. The van der Waals surface area contributed by atoms with Crippen LogP contribution in [0.4, 0.5) is 11.4 Å². The van der Waals surface area contributed by atoms with E-state index in [4.69, 9.17) is 10.5 Å². The third-order valence-electron chi connectivity index (χ3n) is 3.02. The molecule has 0 radical (unpaired) electrons. The third kappa shape index (κ3) is 2.31. The van der Waals surface area contributed by atoms with Gasteiger partial charge in [0.1, 0.15) is 5.75 Å². The van der Waals surface area contributed by atoms with Crippen molar-refractivity contribution in [3.63, 3.8) is 0 Å². The molecule has 0 aromatic heterocycles. The molecule has 0 fully saturated rings. The Bertz CT molecular complexity index is 478. The Morgan fingerprint density at radius 3 is 2.28 bits per heavy atom. The van der Waals surface area contributed by atoms with E-state index in [-0.39, 0.29) is 0 Å². The minimum absolute atomic E-state index is 0.523. The number of hydrogen-bond donors (Lipinski definition) is 1. The lowest BCUT2D eigenvalue weighted by atomic mass is 10.1. The summed E-state index contributed by atoms with van der Waals surface area (Å²) in [6.45, 7) is 0.523. The first-order valence-electron chi connectivity index (χ1n) is 5.92. The van der Waals surface area contributed by atoms with Crippen molar-refractivity contribution in [1.82, 2.24) is 0 Å². The van der Waals surface area contributed by atoms with Gasteiger partial charge in [0, 0.05) is 19.3 Å². The Kier molecular flexibility index (Phi) is 3.85. The first kappa shape index (κ1) is 12.5. The molecule has 0 aliphatic carbocycles. The van der Waals surface area contributed by atoms with E-state index in [0.29, 0.717) is 6.54 Å². The Hall–Kier alpha value is -2.00. The molecule has 2 N–H and O–H groups in total.